The van der Waals surface area contributed by atoms with Crippen LogP contribution in [0.2, 0.25) is 0 Å². The van der Waals surface area contributed by atoms with Crippen LogP contribution in [0.4, 0.5) is 0 Å². The highest BCUT2D eigenvalue weighted by atomic mass is 16.5. The molecular weight excluding hydrogens is 296 g/mol. The molecule has 0 radical (unpaired) electrons. The molecule has 0 aliphatic carbocycles. The predicted octanol–water partition coefficient (Wildman–Crippen LogP) is 6.66. The summed E-state index contributed by atoms with van der Waals surface area (Å²) >= 11 is 0. The number of phenols is 1. The second-order valence-corrected chi connectivity index (χ2v) is 8.09. The Labute approximate surface area is 149 Å². The van der Waals surface area contributed by atoms with Crippen molar-refractivity contribution >= 4 is 0 Å². The quantitative estimate of drug-likeness (QED) is 0.459. The predicted molar refractivity (Wildman–Crippen MR) is 104 cm³/mol. The van der Waals surface area contributed by atoms with Gasteiger partial charge in [0.2, 0.25) is 0 Å². The maximum Gasteiger partial charge on any atom is 0.122 e. The zero-order valence-corrected chi connectivity index (χ0v) is 16.6. The highest BCUT2D eigenvalue weighted by molar-refractivity contribution is 5.46. The first-order valence-corrected chi connectivity index (χ1v) is 9.77. The van der Waals surface area contributed by atoms with E-state index in [1.54, 1.807) is 0 Å². The molecule has 0 aromatic heterocycles. The van der Waals surface area contributed by atoms with Crippen LogP contribution in [0.5, 0.6) is 5.75 Å². The molecule has 1 aromatic carbocycles. The zero-order valence-electron chi connectivity index (χ0n) is 16.6. The van der Waals surface area contributed by atoms with E-state index in [0.29, 0.717) is 12.4 Å². The van der Waals surface area contributed by atoms with Crippen molar-refractivity contribution in [1.82, 2.24) is 0 Å². The van der Waals surface area contributed by atoms with Gasteiger partial charge in [0.1, 0.15) is 5.75 Å². The van der Waals surface area contributed by atoms with E-state index in [1.807, 2.05) is 13.0 Å². The highest BCUT2D eigenvalue weighted by Gasteiger charge is 2.20. The van der Waals surface area contributed by atoms with E-state index in [2.05, 4.69) is 33.8 Å². The number of unbranched alkanes of at least 4 members (excludes halogenated alkanes) is 7. The number of ether oxygens (including phenoxy) is 1. The third kappa shape index (κ3) is 7.70. The summed E-state index contributed by atoms with van der Waals surface area (Å²) in [6.45, 7) is 12.1. The second-order valence-electron chi connectivity index (χ2n) is 8.09. The van der Waals surface area contributed by atoms with Gasteiger partial charge in [-0.3, -0.25) is 0 Å². The molecule has 2 nitrogen and oxygen atoms in total. The van der Waals surface area contributed by atoms with Crippen LogP contribution in [0.15, 0.2) is 12.1 Å². The lowest BCUT2D eigenvalue weighted by atomic mass is 9.84. The molecule has 0 atom stereocenters. The van der Waals surface area contributed by atoms with Crippen LogP contribution in [-0.4, -0.2) is 11.7 Å². The van der Waals surface area contributed by atoms with Gasteiger partial charge in [0.05, 0.1) is 6.61 Å². The summed E-state index contributed by atoms with van der Waals surface area (Å²) in [5, 5.41) is 10.3. The van der Waals surface area contributed by atoms with Gasteiger partial charge in [-0.1, -0.05) is 78.7 Å². The molecule has 0 aliphatic rings. The summed E-state index contributed by atoms with van der Waals surface area (Å²) in [6, 6.07) is 4.13. The van der Waals surface area contributed by atoms with Crippen LogP contribution in [0.3, 0.4) is 0 Å². The van der Waals surface area contributed by atoms with Crippen LogP contribution in [0, 0.1) is 6.92 Å². The first-order valence-electron chi connectivity index (χ1n) is 9.77. The first-order chi connectivity index (χ1) is 11.4. The molecular formula is C22H38O2. The lowest BCUT2D eigenvalue weighted by molar-refractivity contribution is 0.116. The van der Waals surface area contributed by atoms with Crippen LogP contribution >= 0.6 is 0 Å². The summed E-state index contributed by atoms with van der Waals surface area (Å²) < 4.78 is 5.85. The molecule has 0 heterocycles. The Morgan fingerprint density at radius 3 is 2.08 bits per heavy atom. The Balaban J connectivity index is 2.27. The minimum absolute atomic E-state index is 0.0529. The van der Waals surface area contributed by atoms with Crippen LogP contribution in [-0.2, 0) is 16.8 Å². The number of phenolic OH excluding ortho intramolecular Hbond substituents is 1. The summed E-state index contributed by atoms with van der Waals surface area (Å²) in [7, 11) is 0. The minimum Gasteiger partial charge on any atom is -0.507 e. The van der Waals surface area contributed by atoms with E-state index in [9.17, 15) is 5.11 Å². The molecule has 1 N–H and O–H groups in total. The lowest BCUT2D eigenvalue weighted by Gasteiger charge is -2.22. The average Bonchev–Trinajstić information content (AvgIpc) is 2.51. The number of aryl methyl sites for hydroxylation is 1. The topological polar surface area (TPSA) is 29.5 Å². The van der Waals surface area contributed by atoms with E-state index in [4.69, 9.17) is 4.74 Å². The molecule has 0 saturated carbocycles. The SMILES string of the molecule is CCCCCCCCCCOCc1cc(C)c(O)c(C(C)(C)C)c1. The monoisotopic (exact) mass is 334 g/mol. The molecule has 0 fully saturated rings. The van der Waals surface area contributed by atoms with Crippen molar-refractivity contribution in [3.05, 3.63) is 28.8 Å². The number of aromatic hydroxyl groups is 1. The van der Waals surface area contributed by atoms with Gasteiger partial charge in [-0.15, -0.1) is 0 Å². The van der Waals surface area contributed by atoms with Gasteiger partial charge < -0.3 is 9.84 Å². The van der Waals surface area contributed by atoms with E-state index in [0.717, 1.165) is 29.7 Å². The highest BCUT2D eigenvalue weighted by Crippen LogP contribution is 2.34. The standard InChI is InChI=1S/C22H38O2/c1-6-7-8-9-10-11-12-13-14-24-17-19-15-18(2)21(23)20(16-19)22(3,4)5/h15-16,23H,6-14,17H2,1-5H3. The fraction of sp³-hybridized carbons (Fsp3) is 0.727. The number of rotatable bonds is 11. The molecule has 138 valence electrons. The normalized spacial score (nSPS) is 11.9. The Bertz CT molecular complexity index is 472. The molecule has 0 aliphatic heterocycles. The van der Waals surface area contributed by atoms with Crippen LogP contribution < -0.4 is 0 Å². The minimum atomic E-state index is -0.0529. The van der Waals surface area contributed by atoms with Crippen molar-refractivity contribution in [2.75, 3.05) is 6.61 Å². The van der Waals surface area contributed by atoms with Crippen molar-refractivity contribution in [2.24, 2.45) is 0 Å². The van der Waals surface area contributed by atoms with E-state index < -0.39 is 0 Å². The maximum atomic E-state index is 10.3. The van der Waals surface area contributed by atoms with Gasteiger partial charge in [0.25, 0.3) is 0 Å². The van der Waals surface area contributed by atoms with E-state index >= 15 is 0 Å². The summed E-state index contributed by atoms with van der Waals surface area (Å²) in [5.74, 6) is 0.425. The molecule has 1 aromatic rings. The smallest absolute Gasteiger partial charge is 0.122 e. The van der Waals surface area contributed by atoms with Gasteiger partial charge in [-0.25, -0.2) is 0 Å². The molecule has 1 rings (SSSR count). The van der Waals surface area contributed by atoms with Gasteiger partial charge >= 0.3 is 0 Å². The van der Waals surface area contributed by atoms with Crippen molar-refractivity contribution in [2.45, 2.75) is 98.0 Å². The van der Waals surface area contributed by atoms with Crippen molar-refractivity contribution < 1.29 is 9.84 Å². The Hall–Kier alpha value is -1.02. The van der Waals surface area contributed by atoms with Gasteiger partial charge in [0.15, 0.2) is 0 Å². The number of benzene rings is 1. The molecule has 2 heteroatoms. The summed E-state index contributed by atoms with van der Waals surface area (Å²) in [5.41, 5.74) is 3.05. The Kier molecular flexibility index (Phi) is 9.43. The Morgan fingerprint density at radius 1 is 0.917 bits per heavy atom. The fourth-order valence-electron chi connectivity index (χ4n) is 3.04. The summed E-state index contributed by atoms with van der Waals surface area (Å²) in [4.78, 5) is 0. The molecule has 24 heavy (non-hydrogen) atoms. The van der Waals surface area contributed by atoms with Gasteiger partial charge in [0, 0.05) is 6.61 Å². The molecule has 0 unspecified atom stereocenters. The van der Waals surface area contributed by atoms with Crippen LogP contribution in [0.25, 0.3) is 0 Å². The Morgan fingerprint density at radius 2 is 1.50 bits per heavy atom. The van der Waals surface area contributed by atoms with Crippen molar-refractivity contribution in [3.63, 3.8) is 0 Å². The van der Waals surface area contributed by atoms with Crippen molar-refractivity contribution in [3.8, 4) is 5.75 Å². The van der Waals surface area contributed by atoms with Crippen LogP contribution in [0.1, 0.15) is 95.8 Å². The molecule has 0 amide bonds. The lowest BCUT2D eigenvalue weighted by Crippen LogP contribution is -2.12. The third-order valence-electron chi connectivity index (χ3n) is 4.58. The first kappa shape index (κ1) is 21.0. The number of hydrogen-bond donors (Lipinski definition) is 1. The zero-order chi connectivity index (χ0) is 18.0. The third-order valence-corrected chi connectivity index (χ3v) is 4.58. The maximum absolute atomic E-state index is 10.3. The van der Waals surface area contributed by atoms with E-state index in [-0.39, 0.29) is 5.41 Å². The average molecular weight is 335 g/mol. The van der Waals surface area contributed by atoms with E-state index in [1.165, 1.54) is 44.9 Å². The molecule has 0 spiro atoms. The fourth-order valence-corrected chi connectivity index (χ4v) is 3.04. The largest absolute Gasteiger partial charge is 0.507 e. The van der Waals surface area contributed by atoms with Gasteiger partial charge in [-0.05, 0) is 41.5 Å². The van der Waals surface area contributed by atoms with Gasteiger partial charge in [-0.2, -0.15) is 0 Å². The number of hydrogen-bond acceptors (Lipinski definition) is 2. The van der Waals surface area contributed by atoms with Crippen molar-refractivity contribution in [1.29, 1.82) is 0 Å². The molecule has 0 bridgehead atoms. The summed E-state index contributed by atoms with van der Waals surface area (Å²) in [6.07, 6.45) is 10.6. The second kappa shape index (κ2) is 10.8. The molecule has 0 saturated heterocycles.